The summed E-state index contributed by atoms with van der Waals surface area (Å²) in [4.78, 5) is 42.3. The molecular weight excluding hydrogens is 430 g/mol. The van der Waals surface area contributed by atoms with Crippen molar-refractivity contribution in [3.8, 4) is 11.3 Å². The van der Waals surface area contributed by atoms with Gasteiger partial charge in [0.25, 0.3) is 5.56 Å². The van der Waals surface area contributed by atoms with Gasteiger partial charge >= 0.3 is 11.7 Å². The number of fused-ring (bicyclic) bond motifs is 1. The number of carboxylic acids is 1. The lowest BCUT2D eigenvalue weighted by Gasteiger charge is -2.12. The van der Waals surface area contributed by atoms with Crippen molar-refractivity contribution in [3.05, 3.63) is 85.5 Å². The van der Waals surface area contributed by atoms with Crippen molar-refractivity contribution in [3.63, 3.8) is 0 Å². The van der Waals surface area contributed by atoms with E-state index < -0.39 is 23.3 Å². The van der Waals surface area contributed by atoms with Crippen LogP contribution in [0.15, 0.2) is 58.3 Å². The van der Waals surface area contributed by atoms with E-state index in [4.69, 9.17) is 0 Å². The molecule has 0 bridgehead atoms. The predicted octanol–water partition coefficient (Wildman–Crippen LogP) is 3.18. The Morgan fingerprint density at radius 3 is 2.34 bits per heavy atom. The smallest absolute Gasteiger partial charge is 0.337 e. The van der Waals surface area contributed by atoms with Gasteiger partial charge in [-0.15, -0.1) is 11.3 Å². The first kappa shape index (κ1) is 21.7. The number of aliphatic hydroxyl groups excluding tert-OH is 1. The molecule has 1 aromatic carbocycles. The average Bonchev–Trinajstić information content (AvgIpc) is 3.18. The zero-order valence-electron chi connectivity index (χ0n) is 17.6. The SMILES string of the molecule is CC(C)n1c(=O)n(C)c(=O)c2c(C(=O)O)c(C(O)c3ccc(-c4ccccn4)cc3)sc21. The topological polar surface area (TPSA) is 114 Å². The highest BCUT2D eigenvalue weighted by molar-refractivity contribution is 7.19. The fourth-order valence-corrected chi connectivity index (χ4v) is 5.11. The number of aliphatic hydroxyl groups is 1. The number of nitrogens with zero attached hydrogens (tertiary/aromatic N) is 3. The van der Waals surface area contributed by atoms with Crippen molar-refractivity contribution in [2.75, 3.05) is 0 Å². The molecule has 2 N–H and O–H groups in total. The zero-order chi connectivity index (χ0) is 23.2. The molecule has 0 radical (unpaired) electrons. The fourth-order valence-electron chi connectivity index (χ4n) is 3.69. The van der Waals surface area contributed by atoms with Crippen LogP contribution in [0.4, 0.5) is 0 Å². The summed E-state index contributed by atoms with van der Waals surface area (Å²) >= 11 is 0.954. The first-order valence-electron chi connectivity index (χ1n) is 9.93. The molecule has 4 rings (SSSR count). The van der Waals surface area contributed by atoms with Gasteiger partial charge in [-0.1, -0.05) is 30.3 Å². The van der Waals surface area contributed by atoms with E-state index >= 15 is 0 Å². The Labute approximate surface area is 186 Å². The van der Waals surface area contributed by atoms with Gasteiger partial charge in [0.05, 0.1) is 21.5 Å². The summed E-state index contributed by atoms with van der Waals surface area (Å²) in [5.74, 6) is -1.33. The summed E-state index contributed by atoms with van der Waals surface area (Å²) in [6, 6.07) is 12.2. The summed E-state index contributed by atoms with van der Waals surface area (Å²) in [5, 5.41) is 20.9. The third kappa shape index (κ3) is 3.45. The summed E-state index contributed by atoms with van der Waals surface area (Å²) < 4.78 is 2.29. The van der Waals surface area contributed by atoms with E-state index in [0.29, 0.717) is 5.56 Å². The Kier molecular flexibility index (Phi) is 5.53. The van der Waals surface area contributed by atoms with Gasteiger partial charge in [0, 0.05) is 24.8 Å². The van der Waals surface area contributed by atoms with Gasteiger partial charge in [-0.05, 0) is 31.5 Å². The Hall–Kier alpha value is -3.56. The number of aromatic nitrogens is 3. The molecule has 9 heteroatoms. The monoisotopic (exact) mass is 451 g/mol. The van der Waals surface area contributed by atoms with E-state index in [1.807, 2.05) is 18.2 Å². The molecular formula is C23H21N3O5S. The van der Waals surface area contributed by atoms with Crippen molar-refractivity contribution in [2.24, 2.45) is 7.05 Å². The molecule has 1 atom stereocenters. The molecule has 32 heavy (non-hydrogen) atoms. The van der Waals surface area contributed by atoms with Crippen LogP contribution in [-0.4, -0.2) is 30.3 Å². The predicted molar refractivity (Wildman–Crippen MR) is 122 cm³/mol. The second-order valence-electron chi connectivity index (χ2n) is 7.68. The van der Waals surface area contributed by atoms with Crippen LogP contribution in [0.1, 0.15) is 46.8 Å². The molecule has 0 saturated carbocycles. The minimum Gasteiger partial charge on any atom is -0.478 e. The summed E-state index contributed by atoms with van der Waals surface area (Å²) in [6.07, 6.45) is 0.403. The normalized spacial score (nSPS) is 12.4. The van der Waals surface area contributed by atoms with E-state index in [-0.39, 0.29) is 26.7 Å². The summed E-state index contributed by atoms with van der Waals surface area (Å²) in [5.41, 5.74) is 0.580. The van der Waals surface area contributed by atoms with Gasteiger partial charge in [-0.2, -0.15) is 0 Å². The van der Waals surface area contributed by atoms with Crippen molar-refractivity contribution in [2.45, 2.75) is 26.0 Å². The standard InChI is InChI=1S/C23H21N3O5S/c1-12(2)26-21-17(20(28)25(3)23(26)31)16(22(29)30)19(32-21)18(27)14-9-7-13(8-10-14)15-6-4-5-11-24-15/h4-12,18,27H,1-3H3,(H,29,30). The number of aromatic carboxylic acids is 1. The Morgan fingerprint density at radius 2 is 1.78 bits per heavy atom. The van der Waals surface area contributed by atoms with Gasteiger partial charge in [0.15, 0.2) is 0 Å². The molecule has 0 spiro atoms. The number of hydrogen-bond acceptors (Lipinski definition) is 6. The minimum atomic E-state index is -1.33. The Balaban J connectivity index is 1.91. The Bertz CT molecular complexity index is 1430. The highest BCUT2D eigenvalue weighted by Gasteiger charge is 2.29. The third-order valence-corrected chi connectivity index (χ3v) is 6.55. The molecule has 0 aliphatic heterocycles. The van der Waals surface area contributed by atoms with E-state index in [1.54, 1.807) is 44.3 Å². The molecule has 0 aliphatic rings. The van der Waals surface area contributed by atoms with Crippen LogP contribution in [0, 0.1) is 0 Å². The first-order chi connectivity index (χ1) is 15.2. The second kappa shape index (κ2) is 8.18. The number of carboxylic acid groups (broad SMARTS) is 1. The van der Waals surface area contributed by atoms with Crippen LogP contribution in [0.2, 0.25) is 0 Å². The van der Waals surface area contributed by atoms with Crippen molar-refractivity contribution < 1.29 is 15.0 Å². The lowest BCUT2D eigenvalue weighted by atomic mass is 10.0. The van der Waals surface area contributed by atoms with E-state index in [2.05, 4.69) is 4.98 Å². The molecule has 3 heterocycles. The van der Waals surface area contributed by atoms with Gasteiger partial charge in [-0.3, -0.25) is 18.9 Å². The zero-order valence-corrected chi connectivity index (χ0v) is 18.5. The van der Waals surface area contributed by atoms with Gasteiger partial charge in [0.2, 0.25) is 0 Å². The maximum atomic E-state index is 12.8. The lowest BCUT2D eigenvalue weighted by Crippen LogP contribution is -2.38. The second-order valence-corrected chi connectivity index (χ2v) is 8.71. The van der Waals surface area contributed by atoms with E-state index in [1.165, 1.54) is 11.6 Å². The number of carbonyl (C=O) groups is 1. The van der Waals surface area contributed by atoms with Crippen molar-refractivity contribution >= 4 is 27.5 Å². The van der Waals surface area contributed by atoms with Gasteiger partial charge in [-0.25, -0.2) is 9.59 Å². The van der Waals surface area contributed by atoms with Crippen LogP contribution in [0.3, 0.4) is 0 Å². The van der Waals surface area contributed by atoms with Crippen LogP contribution in [0.5, 0.6) is 0 Å². The van der Waals surface area contributed by atoms with Crippen molar-refractivity contribution in [1.29, 1.82) is 0 Å². The average molecular weight is 452 g/mol. The van der Waals surface area contributed by atoms with Crippen molar-refractivity contribution in [1.82, 2.24) is 14.1 Å². The first-order valence-corrected chi connectivity index (χ1v) is 10.7. The van der Waals surface area contributed by atoms with Crippen LogP contribution >= 0.6 is 11.3 Å². The largest absolute Gasteiger partial charge is 0.478 e. The molecule has 4 aromatic rings. The van der Waals surface area contributed by atoms with Gasteiger partial charge < -0.3 is 10.2 Å². The van der Waals surface area contributed by atoms with Crippen LogP contribution in [-0.2, 0) is 7.05 Å². The van der Waals surface area contributed by atoms with E-state index in [9.17, 15) is 24.6 Å². The number of rotatable bonds is 5. The maximum absolute atomic E-state index is 12.8. The van der Waals surface area contributed by atoms with Crippen LogP contribution in [0.25, 0.3) is 21.5 Å². The number of hydrogen-bond donors (Lipinski definition) is 2. The lowest BCUT2D eigenvalue weighted by molar-refractivity contribution is 0.0694. The highest BCUT2D eigenvalue weighted by atomic mass is 32.1. The summed E-state index contributed by atoms with van der Waals surface area (Å²) in [7, 11) is 1.32. The maximum Gasteiger partial charge on any atom is 0.337 e. The minimum absolute atomic E-state index is 0.0718. The number of pyridine rings is 1. The molecule has 0 fully saturated rings. The van der Waals surface area contributed by atoms with Crippen LogP contribution < -0.4 is 11.2 Å². The molecule has 3 aromatic heterocycles. The Morgan fingerprint density at radius 1 is 1.09 bits per heavy atom. The van der Waals surface area contributed by atoms with Gasteiger partial charge in [0.1, 0.15) is 10.9 Å². The molecule has 1 unspecified atom stereocenters. The third-order valence-electron chi connectivity index (χ3n) is 5.31. The molecule has 164 valence electrons. The quantitative estimate of drug-likeness (QED) is 0.482. The summed E-state index contributed by atoms with van der Waals surface area (Å²) in [6.45, 7) is 3.55. The molecule has 0 amide bonds. The molecule has 0 saturated heterocycles. The number of benzene rings is 1. The van der Waals surface area contributed by atoms with E-state index in [0.717, 1.165) is 27.2 Å². The fraction of sp³-hybridized carbons (Fsp3) is 0.217. The molecule has 8 nitrogen and oxygen atoms in total. The molecule has 0 aliphatic carbocycles. The number of thiophene rings is 1. The highest BCUT2D eigenvalue weighted by Crippen LogP contribution is 2.37.